The molecule has 30 heavy (non-hydrogen) atoms. The van der Waals surface area contributed by atoms with Crippen molar-refractivity contribution in [3.05, 3.63) is 52.7 Å². The second-order valence-corrected chi connectivity index (χ2v) is 7.25. The largest absolute Gasteiger partial charge is 0.496 e. The van der Waals surface area contributed by atoms with Gasteiger partial charge in [0.1, 0.15) is 5.75 Å². The summed E-state index contributed by atoms with van der Waals surface area (Å²) in [4.78, 5) is 15.3. The molecule has 0 spiro atoms. The van der Waals surface area contributed by atoms with Crippen LogP contribution in [0.15, 0.2) is 30.5 Å². The average molecular weight is 407 g/mol. The number of carbonyl (C=O) groups excluding carboxylic acids is 1. The van der Waals surface area contributed by atoms with E-state index < -0.39 is 0 Å². The lowest BCUT2D eigenvalue weighted by atomic mass is 9.97. The third-order valence-electron chi connectivity index (χ3n) is 5.66. The standard InChI is InChI=1S/C23H25N3O4/c1-5-14-8-19-17(11-20(14)28-2)18(12-24-25-19)23(27)26-7-6-15-9-21(29-3)22(30-4)10-16(15)13-26/h8-12H,5-7,13H2,1-4H3. The predicted molar refractivity (Wildman–Crippen MR) is 113 cm³/mol. The van der Waals surface area contributed by atoms with Gasteiger partial charge in [-0.2, -0.15) is 10.2 Å². The highest BCUT2D eigenvalue weighted by molar-refractivity contribution is 6.06. The van der Waals surface area contributed by atoms with Gasteiger partial charge in [-0.15, -0.1) is 0 Å². The fraction of sp³-hybridized carbons (Fsp3) is 0.348. The molecule has 0 aliphatic carbocycles. The van der Waals surface area contributed by atoms with E-state index in [1.807, 2.05) is 29.2 Å². The summed E-state index contributed by atoms with van der Waals surface area (Å²) in [5.41, 5.74) is 4.50. The van der Waals surface area contributed by atoms with Crippen LogP contribution in [-0.2, 0) is 19.4 Å². The van der Waals surface area contributed by atoms with Gasteiger partial charge in [0.25, 0.3) is 5.91 Å². The molecule has 0 saturated heterocycles. The van der Waals surface area contributed by atoms with Gasteiger partial charge >= 0.3 is 0 Å². The van der Waals surface area contributed by atoms with Crippen molar-refractivity contribution in [1.29, 1.82) is 0 Å². The second kappa shape index (κ2) is 8.18. The Morgan fingerprint density at radius 1 is 1.00 bits per heavy atom. The number of benzene rings is 2. The second-order valence-electron chi connectivity index (χ2n) is 7.25. The molecule has 2 heterocycles. The first-order valence-electron chi connectivity index (χ1n) is 9.94. The van der Waals surface area contributed by atoms with Crippen LogP contribution in [0.3, 0.4) is 0 Å². The number of aryl methyl sites for hydroxylation is 1. The van der Waals surface area contributed by atoms with Crippen molar-refractivity contribution in [2.24, 2.45) is 0 Å². The van der Waals surface area contributed by atoms with Crippen LogP contribution in [0.1, 0.15) is 34.0 Å². The summed E-state index contributed by atoms with van der Waals surface area (Å²) >= 11 is 0. The molecule has 7 heteroatoms. The third kappa shape index (κ3) is 3.40. The van der Waals surface area contributed by atoms with Crippen LogP contribution in [-0.4, -0.2) is 48.9 Å². The van der Waals surface area contributed by atoms with Crippen molar-refractivity contribution < 1.29 is 19.0 Å². The SMILES string of the molecule is CCc1cc2nncc(C(=O)N3CCc4cc(OC)c(OC)cc4C3)c2cc1OC. The summed E-state index contributed by atoms with van der Waals surface area (Å²) in [5, 5.41) is 9.06. The highest BCUT2D eigenvalue weighted by Gasteiger charge is 2.25. The van der Waals surface area contributed by atoms with Crippen molar-refractivity contribution in [3.63, 3.8) is 0 Å². The highest BCUT2D eigenvalue weighted by Crippen LogP contribution is 2.34. The van der Waals surface area contributed by atoms with Crippen LogP contribution >= 0.6 is 0 Å². The lowest BCUT2D eigenvalue weighted by molar-refractivity contribution is 0.0736. The van der Waals surface area contributed by atoms with E-state index in [2.05, 4.69) is 17.1 Å². The van der Waals surface area contributed by atoms with Crippen molar-refractivity contribution in [2.45, 2.75) is 26.3 Å². The van der Waals surface area contributed by atoms with Crippen LogP contribution in [0, 0.1) is 0 Å². The monoisotopic (exact) mass is 407 g/mol. The minimum Gasteiger partial charge on any atom is -0.496 e. The quantitative estimate of drug-likeness (QED) is 0.645. The molecular formula is C23H25N3O4. The van der Waals surface area contributed by atoms with Gasteiger partial charge in [0, 0.05) is 18.5 Å². The van der Waals surface area contributed by atoms with Crippen LogP contribution in [0.5, 0.6) is 17.2 Å². The number of ether oxygens (including phenoxy) is 3. The van der Waals surface area contributed by atoms with Crippen molar-refractivity contribution in [1.82, 2.24) is 15.1 Å². The van der Waals surface area contributed by atoms with E-state index in [1.165, 1.54) is 5.56 Å². The molecule has 0 unspecified atom stereocenters. The fourth-order valence-corrected chi connectivity index (χ4v) is 3.99. The van der Waals surface area contributed by atoms with Gasteiger partial charge in [-0.05, 0) is 53.8 Å². The number of carbonyl (C=O) groups is 1. The van der Waals surface area contributed by atoms with Gasteiger partial charge in [-0.1, -0.05) is 6.92 Å². The van der Waals surface area contributed by atoms with E-state index in [1.54, 1.807) is 27.5 Å². The number of fused-ring (bicyclic) bond motifs is 2. The van der Waals surface area contributed by atoms with Crippen LogP contribution in [0.25, 0.3) is 10.9 Å². The molecule has 0 saturated carbocycles. The Morgan fingerprint density at radius 3 is 2.37 bits per heavy atom. The van der Waals surface area contributed by atoms with Crippen molar-refractivity contribution >= 4 is 16.8 Å². The van der Waals surface area contributed by atoms with E-state index in [0.29, 0.717) is 35.7 Å². The van der Waals surface area contributed by atoms with Crippen molar-refractivity contribution in [2.75, 3.05) is 27.9 Å². The Bertz CT molecular complexity index is 1110. The summed E-state index contributed by atoms with van der Waals surface area (Å²) in [7, 11) is 4.88. The smallest absolute Gasteiger partial charge is 0.256 e. The Labute approximate surface area is 175 Å². The Morgan fingerprint density at radius 2 is 1.70 bits per heavy atom. The molecular weight excluding hydrogens is 382 g/mol. The van der Waals surface area contributed by atoms with Crippen molar-refractivity contribution in [3.8, 4) is 17.2 Å². The first-order valence-corrected chi connectivity index (χ1v) is 9.94. The number of aromatic nitrogens is 2. The normalized spacial score (nSPS) is 13.1. The maximum atomic E-state index is 13.4. The Balaban J connectivity index is 1.70. The number of hydrogen-bond acceptors (Lipinski definition) is 6. The average Bonchev–Trinajstić information content (AvgIpc) is 2.80. The predicted octanol–water partition coefficient (Wildman–Crippen LogP) is 3.42. The van der Waals surface area contributed by atoms with Crippen LogP contribution < -0.4 is 14.2 Å². The molecule has 156 valence electrons. The molecule has 0 bridgehead atoms. The van der Waals surface area contributed by atoms with E-state index in [0.717, 1.165) is 35.1 Å². The molecule has 1 amide bonds. The number of rotatable bonds is 5. The number of nitrogens with zero attached hydrogens (tertiary/aromatic N) is 3. The number of methoxy groups -OCH3 is 3. The zero-order chi connectivity index (χ0) is 21.3. The zero-order valence-electron chi connectivity index (χ0n) is 17.7. The Hall–Kier alpha value is -3.35. The van der Waals surface area contributed by atoms with Gasteiger partial charge in [0.05, 0.1) is 38.6 Å². The minimum atomic E-state index is -0.0679. The maximum Gasteiger partial charge on any atom is 0.256 e. The topological polar surface area (TPSA) is 73.8 Å². The van der Waals surface area contributed by atoms with Gasteiger partial charge in [-0.25, -0.2) is 0 Å². The molecule has 4 rings (SSSR count). The van der Waals surface area contributed by atoms with E-state index in [9.17, 15) is 4.79 Å². The summed E-state index contributed by atoms with van der Waals surface area (Å²) in [6, 6.07) is 7.78. The minimum absolute atomic E-state index is 0.0679. The van der Waals surface area contributed by atoms with Gasteiger partial charge in [-0.3, -0.25) is 4.79 Å². The van der Waals surface area contributed by atoms with Gasteiger partial charge in [0.2, 0.25) is 0 Å². The molecule has 1 aliphatic heterocycles. The lowest BCUT2D eigenvalue weighted by Crippen LogP contribution is -2.36. The Kier molecular flexibility index (Phi) is 5.44. The molecule has 2 aromatic carbocycles. The summed E-state index contributed by atoms with van der Waals surface area (Å²) in [5.74, 6) is 2.06. The first-order chi connectivity index (χ1) is 14.6. The molecule has 3 aromatic rings. The zero-order valence-corrected chi connectivity index (χ0v) is 17.7. The van der Waals surface area contributed by atoms with E-state index >= 15 is 0 Å². The summed E-state index contributed by atoms with van der Waals surface area (Å²) in [6.07, 6.45) is 3.11. The van der Waals surface area contributed by atoms with E-state index in [4.69, 9.17) is 14.2 Å². The summed E-state index contributed by atoms with van der Waals surface area (Å²) < 4.78 is 16.3. The molecule has 0 fully saturated rings. The van der Waals surface area contributed by atoms with Gasteiger partial charge in [0.15, 0.2) is 11.5 Å². The third-order valence-corrected chi connectivity index (χ3v) is 5.66. The highest BCUT2D eigenvalue weighted by atomic mass is 16.5. The first kappa shape index (κ1) is 19.9. The molecule has 0 N–H and O–H groups in total. The number of amides is 1. The fourth-order valence-electron chi connectivity index (χ4n) is 3.99. The summed E-state index contributed by atoms with van der Waals surface area (Å²) in [6.45, 7) is 3.18. The molecule has 0 radical (unpaired) electrons. The lowest BCUT2D eigenvalue weighted by Gasteiger charge is -2.30. The van der Waals surface area contributed by atoms with Crippen LogP contribution in [0.4, 0.5) is 0 Å². The van der Waals surface area contributed by atoms with Gasteiger partial charge < -0.3 is 19.1 Å². The van der Waals surface area contributed by atoms with Crippen LogP contribution in [0.2, 0.25) is 0 Å². The molecule has 0 atom stereocenters. The number of hydrogen-bond donors (Lipinski definition) is 0. The molecule has 1 aromatic heterocycles. The van der Waals surface area contributed by atoms with E-state index in [-0.39, 0.29) is 5.91 Å². The molecule has 1 aliphatic rings. The maximum absolute atomic E-state index is 13.4. The molecule has 7 nitrogen and oxygen atoms in total.